The molecular weight excluding hydrogens is 302 g/mol. The monoisotopic (exact) mass is 327 g/mol. The molecular formula is C18H25N5O. The molecule has 0 saturated carbocycles. The van der Waals surface area contributed by atoms with Crippen LogP contribution in [-0.2, 0) is 6.42 Å². The average molecular weight is 327 g/mol. The van der Waals surface area contributed by atoms with E-state index in [4.69, 9.17) is 0 Å². The summed E-state index contributed by atoms with van der Waals surface area (Å²) in [5.41, 5.74) is 1.71. The number of anilines is 1. The molecule has 0 atom stereocenters. The van der Waals surface area contributed by atoms with Crippen molar-refractivity contribution in [3.8, 4) is 0 Å². The lowest BCUT2D eigenvalue weighted by Gasteiger charge is -2.10. The van der Waals surface area contributed by atoms with Crippen LogP contribution in [0.4, 0.5) is 5.82 Å². The quantitative estimate of drug-likeness (QED) is 0.688. The molecule has 0 radical (unpaired) electrons. The summed E-state index contributed by atoms with van der Waals surface area (Å²) in [6, 6.07) is 12.1. The number of nitrogens with zero attached hydrogens (tertiary/aromatic N) is 3. The Bertz CT molecular complexity index is 630. The van der Waals surface area contributed by atoms with Crippen molar-refractivity contribution in [1.29, 1.82) is 0 Å². The number of hydrogen-bond donors (Lipinski definition) is 2. The van der Waals surface area contributed by atoms with Crippen LogP contribution < -0.4 is 10.6 Å². The van der Waals surface area contributed by atoms with E-state index >= 15 is 0 Å². The summed E-state index contributed by atoms with van der Waals surface area (Å²) < 4.78 is 0. The van der Waals surface area contributed by atoms with E-state index < -0.39 is 0 Å². The molecule has 128 valence electrons. The highest BCUT2D eigenvalue weighted by atomic mass is 16.1. The fourth-order valence-corrected chi connectivity index (χ4v) is 2.22. The molecule has 2 N–H and O–H groups in total. The van der Waals surface area contributed by atoms with Crippen LogP contribution in [0.25, 0.3) is 0 Å². The third-order valence-electron chi connectivity index (χ3n) is 3.54. The molecule has 1 amide bonds. The maximum atomic E-state index is 12.0. The lowest BCUT2D eigenvalue weighted by Crippen LogP contribution is -2.31. The minimum atomic E-state index is -0.174. The van der Waals surface area contributed by atoms with Crippen molar-refractivity contribution < 1.29 is 4.79 Å². The summed E-state index contributed by atoms with van der Waals surface area (Å²) in [5, 5.41) is 6.09. The first-order valence-corrected chi connectivity index (χ1v) is 8.18. The molecule has 1 aromatic carbocycles. The predicted molar refractivity (Wildman–Crippen MR) is 96.2 cm³/mol. The normalized spacial score (nSPS) is 10.6. The molecule has 2 rings (SSSR count). The number of likely N-dealkylation sites (N-methyl/N-ethyl adjacent to an activating group) is 1. The molecule has 0 aliphatic rings. The Morgan fingerprint density at radius 1 is 1.12 bits per heavy atom. The van der Waals surface area contributed by atoms with Crippen molar-refractivity contribution in [2.24, 2.45) is 0 Å². The van der Waals surface area contributed by atoms with E-state index in [-0.39, 0.29) is 5.91 Å². The highest BCUT2D eigenvalue weighted by molar-refractivity contribution is 5.92. The van der Waals surface area contributed by atoms with Crippen molar-refractivity contribution in [1.82, 2.24) is 20.2 Å². The van der Waals surface area contributed by atoms with Gasteiger partial charge in [0, 0.05) is 25.7 Å². The van der Waals surface area contributed by atoms with Crippen molar-refractivity contribution in [2.45, 2.75) is 12.8 Å². The van der Waals surface area contributed by atoms with E-state index in [1.807, 2.05) is 37.2 Å². The van der Waals surface area contributed by atoms with Gasteiger partial charge in [-0.25, -0.2) is 9.97 Å². The van der Waals surface area contributed by atoms with Gasteiger partial charge in [-0.15, -0.1) is 0 Å². The summed E-state index contributed by atoms with van der Waals surface area (Å²) in [7, 11) is 3.93. The van der Waals surface area contributed by atoms with Gasteiger partial charge in [0.2, 0.25) is 0 Å². The van der Waals surface area contributed by atoms with E-state index in [2.05, 4.69) is 32.7 Å². The fourth-order valence-electron chi connectivity index (χ4n) is 2.22. The molecule has 1 heterocycles. The van der Waals surface area contributed by atoms with E-state index in [9.17, 15) is 4.79 Å². The number of benzene rings is 1. The molecule has 0 bridgehead atoms. The Morgan fingerprint density at radius 2 is 1.92 bits per heavy atom. The number of rotatable bonds is 9. The summed E-state index contributed by atoms with van der Waals surface area (Å²) in [6.45, 7) is 2.19. The Labute approximate surface area is 143 Å². The van der Waals surface area contributed by atoms with E-state index in [0.29, 0.717) is 18.1 Å². The second-order valence-corrected chi connectivity index (χ2v) is 5.86. The van der Waals surface area contributed by atoms with Gasteiger partial charge in [-0.2, -0.15) is 0 Å². The summed E-state index contributed by atoms with van der Waals surface area (Å²) in [5.74, 6) is 0.502. The number of aryl methyl sites for hydroxylation is 1. The molecule has 1 aromatic heterocycles. The summed E-state index contributed by atoms with van der Waals surface area (Å²) in [4.78, 5) is 22.3. The number of amides is 1. The van der Waals surface area contributed by atoms with E-state index in [0.717, 1.165) is 25.9 Å². The standard InChI is InChI=1S/C18H25N5O/c1-23(2)12-11-20-18(24)16-13-17(22-14-21-16)19-10-6-9-15-7-4-3-5-8-15/h3-5,7-8,13-14H,6,9-12H2,1-2H3,(H,20,24)(H,19,21,22). The first-order valence-electron chi connectivity index (χ1n) is 8.18. The van der Waals surface area contributed by atoms with E-state index in [1.54, 1.807) is 6.07 Å². The minimum Gasteiger partial charge on any atom is -0.370 e. The smallest absolute Gasteiger partial charge is 0.270 e. The largest absolute Gasteiger partial charge is 0.370 e. The fraction of sp³-hybridized carbons (Fsp3) is 0.389. The Kier molecular flexibility index (Phi) is 7.17. The van der Waals surface area contributed by atoms with E-state index in [1.165, 1.54) is 11.9 Å². The van der Waals surface area contributed by atoms with Gasteiger partial charge in [0.05, 0.1) is 0 Å². The van der Waals surface area contributed by atoms with Gasteiger partial charge in [0.25, 0.3) is 5.91 Å². The molecule has 0 unspecified atom stereocenters. The third kappa shape index (κ3) is 6.34. The zero-order chi connectivity index (χ0) is 17.2. The van der Waals surface area contributed by atoms with Crippen LogP contribution in [0.2, 0.25) is 0 Å². The molecule has 0 aliphatic heterocycles. The molecule has 0 fully saturated rings. The molecule has 24 heavy (non-hydrogen) atoms. The number of carbonyl (C=O) groups is 1. The van der Waals surface area contributed by atoms with Gasteiger partial charge in [-0.05, 0) is 32.5 Å². The molecule has 6 heteroatoms. The van der Waals surface area contributed by atoms with Gasteiger partial charge >= 0.3 is 0 Å². The van der Waals surface area contributed by atoms with Crippen LogP contribution in [0.3, 0.4) is 0 Å². The van der Waals surface area contributed by atoms with Gasteiger partial charge < -0.3 is 15.5 Å². The lowest BCUT2D eigenvalue weighted by atomic mass is 10.1. The predicted octanol–water partition coefficient (Wildman–Crippen LogP) is 1.81. The second kappa shape index (κ2) is 9.62. The molecule has 0 aliphatic carbocycles. The maximum absolute atomic E-state index is 12.0. The Morgan fingerprint density at radius 3 is 2.67 bits per heavy atom. The van der Waals surface area contributed by atoms with Gasteiger partial charge in [0.1, 0.15) is 17.8 Å². The van der Waals surface area contributed by atoms with Crippen LogP contribution in [0.1, 0.15) is 22.5 Å². The Balaban J connectivity index is 1.76. The average Bonchev–Trinajstić information content (AvgIpc) is 2.59. The molecule has 2 aromatic rings. The van der Waals surface area contributed by atoms with Gasteiger partial charge in [0.15, 0.2) is 0 Å². The zero-order valence-electron chi connectivity index (χ0n) is 14.3. The van der Waals surface area contributed by atoms with Crippen LogP contribution >= 0.6 is 0 Å². The highest BCUT2D eigenvalue weighted by Gasteiger charge is 2.08. The molecule has 0 spiro atoms. The van der Waals surface area contributed by atoms with Gasteiger partial charge in [-0.3, -0.25) is 4.79 Å². The first-order chi connectivity index (χ1) is 11.6. The topological polar surface area (TPSA) is 70.2 Å². The number of carbonyl (C=O) groups excluding carboxylic acids is 1. The highest BCUT2D eigenvalue weighted by Crippen LogP contribution is 2.06. The van der Waals surface area contributed by atoms with Crippen LogP contribution in [0.5, 0.6) is 0 Å². The SMILES string of the molecule is CN(C)CCNC(=O)c1cc(NCCCc2ccccc2)ncn1. The van der Waals surface area contributed by atoms with Crippen molar-refractivity contribution >= 4 is 11.7 Å². The summed E-state index contributed by atoms with van der Waals surface area (Å²) >= 11 is 0. The zero-order valence-corrected chi connectivity index (χ0v) is 14.3. The van der Waals surface area contributed by atoms with Crippen LogP contribution in [-0.4, -0.2) is 54.5 Å². The van der Waals surface area contributed by atoms with Crippen LogP contribution in [0, 0.1) is 0 Å². The van der Waals surface area contributed by atoms with Crippen LogP contribution in [0.15, 0.2) is 42.7 Å². The van der Waals surface area contributed by atoms with Gasteiger partial charge in [-0.1, -0.05) is 30.3 Å². The van der Waals surface area contributed by atoms with Crippen molar-refractivity contribution in [2.75, 3.05) is 39.0 Å². The third-order valence-corrected chi connectivity index (χ3v) is 3.54. The summed E-state index contributed by atoms with van der Waals surface area (Å²) in [6.07, 6.45) is 3.43. The molecule has 6 nitrogen and oxygen atoms in total. The number of aromatic nitrogens is 2. The molecule has 0 saturated heterocycles. The number of hydrogen-bond acceptors (Lipinski definition) is 5. The number of nitrogens with one attached hydrogen (secondary N) is 2. The Hall–Kier alpha value is -2.47. The van der Waals surface area contributed by atoms with Crippen molar-refractivity contribution in [3.63, 3.8) is 0 Å². The minimum absolute atomic E-state index is 0.174. The lowest BCUT2D eigenvalue weighted by molar-refractivity contribution is 0.0946. The second-order valence-electron chi connectivity index (χ2n) is 5.86. The van der Waals surface area contributed by atoms with Crippen molar-refractivity contribution in [3.05, 3.63) is 54.0 Å². The first kappa shape index (κ1) is 17.9. The maximum Gasteiger partial charge on any atom is 0.270 e.